The van der Waals surface area contributed by atoms with Gasteiger partial charge in [0.25, 0.3) is 5.91 Å². The van der Waals surface area contributed by atoms with Crippen LogP contribution in [0.3, 0.4) is 0 Å². The summed E-state index contributed by atoms with van der Waals surface area (Å²) in [6, 6.07) is 9.54. The van der Waals surface area contributed by atoms with Crippen LogP contribution in [0.5, 0.6) is 0 Å². The van der Waals surface area contributed by atoms with Crippen molar-refractivity contribution in [2.45, 2.75) is 32.6 Å². The molecule has 2 N–H and O–H groups in total. The Labute approximate surface area is 124 Å². The number of rotatable bonds is 3. The quantitative estimate of drug-likeness (QED) is 0.849. The van der Waals surface area contributed by atoms with E-state index in [0.717, 1.165) is 35.1 Å². The van der Waals surface area contributed by atoms with Gasteiger partial charge in [0.2, 0.25) is 0 Å². The van der Waals surface area contributed by atoms with Crippen molar-refractivity contribution in [1.29, 1.82) is 0 Å². The number of nitrogens with zero attached hydrogens (tertiary/aromatic N) is 1. The number of para-hydroxylation sites is 1. The van der Waals surface area contributed by atoms with Crippen LogP contribution in [0.25, 0.3) is 10.9 Å². The molecule has 3 rings (SSSR count). The number of carbonyl (C=O) groups excluding carboxylic acids is 1. The predicted molar refractivity (Wildman–Crippen MR) is 83.6 cm³/mol. The standard InChI is InChI=1S/C17H19N3O/c1-12-11-15(14-9-5-6-10-16(14)18-12)17(21)20-19-13-7-3-2-4-8-13/h5-7,9-11,19H,2-4,8H2,1H3,(H,20,21). The fourth-order valence-corrected chi connectivity index (χ4v) is 2.65. The molecular weight excluding hydrogens is 262 g/mol. The van der Waals surface area contributed by atoms with Gasteiger partial charge in [0.15, 0.2) is 0 Å². The van der Waals surface area contributed by atoms with Gasteiger partial charge < -0.3 is 5.43 Å². The van der Waals surface area contributed by atoms with Crippen LogP contribution in [0.15, 0.2) is 42.1 Å². The predicted octanol–water partition coefficient (Wildman–Crippen LogP) is 3.24. The Morgan fingerprint density at radius 3 is 2.90 bits per heavy atom. The first-order valence-electron chi connectivity index (χ1n) is 7.36. The van der Waals surface area contributed by atoms with Gasteiger partial charge in [0.1, 0.15) is 0 Å². The molecule has 0 radical (unpaired) electrons. The molecule has 0 bridgehead atoms. The van der Waals surface area contributed by atoms with Gasteiger partial charge in [-0.25, -0.2) is 0 Å². The minimum absolute atomic E-state index is 0.122. The minimum atomic E-state index is -0.122. The van der Waals surface area contributed by atoms with Crippen LogP contribution >= 0.6 is 0 Å². The van der Waals surface area contributed by atoms with Gasteiger partial charge >= 0.3 is 0 Å². The van der Waals surface area contributed by atoms with E-state index >= 15 is 0 Å². The Balaban J connectivity index is 1.82. The molecule has 4 heteroatoms. The second kappa shape index (κ2) is 5.95. The maximum Gasteiger partial charge on any atom is 0.270 e. The lowest BCUT2D eigenvalue weighted by molar-refractivity contribution is 0.0939. The summed E-state index contributed by atoms with van der Waals surface area (Å²) in [5.41, 5.74) is 9.29. The van der Waals surface area contributed by atoms with E-state index < -0.39 is 0 Å². The molecule has 0 fully saturated rings. The molecule has 1 aromatic heterocycles. The summed E-state index contributed by atoms with van der Waals surface area (Å²) in [6.45, 7) is 1.90. The van der Waals surface area contributed by atoms with Crippen LogP contribution in [0, 0.1) is 6.92 Å². The zero-order valence-electron chi connectivity index (χ0n) is 12.1. The lowest BCUT2D eigenvalue weighted by atomic mass is 10.1. The highest BCUT2D eigenvalue weighted by Gasteiger charge is 2.12. The molecular formula is C17H19N3O. The second-order valence-electron chi connectivity index (χ2n) is 5.38. The van der Waals surface area contributed by atoms with E-state index in [0.29, 0.717) is 5.56 Å². The van der Waals surface area contributed by atoms with Gasteiger partial charge in [-0.3, -0.25) is 15.2 Å². The molecule has 0 atom stereocenters. The van der Waals surface area contributed by atoms with Gasteiger partial charge in [-0.15, -0.1) is 0 Å². The zero-order valence-corrected chi connectivity index (χ0v) is 12.1. The van der Waals surface area contributed by atoms with Gasteiger partial charge in [0.05, 0.1) is 11.1 Å². The molecule has 1 aromatic carbocycles. The molecule has 0 spiro atoms. The molecule has 2 aromatic rings. The van der Waals surface area contributed by atoms with Crippen molar-refractivity contribution in [3.8, 4) is 0 Å². The third-order valence-corrected chi connectivity index (χ3v) is 3.72. The number of benzene rings is 1. The number of hydrazine groups is 1. The van der Waals surface area contributed by atoms with E-state index in [2.05, 4.69) is 21.9 Å². The van der Waals surface area contributed by atoms with E-state index in [9.17, 15) is 4.79 Å². The fourth-order valence-electron chi connectivity index (χ4n) is 2.65. The van der Waals surface area contributed by atoms with E-state index in [4.69, 9.17) is 0 Å². The Hall–Kier alpha value is -2.36. The van der Waals surface area contributed by atoms with E-state index in [1.807, 2.05) is 37.3 Å². The molecule has 0 saturated carbocycles. The highest BCUT2D eigenvalue weighted by atomic mass is 16.2. The summed E-state index contributed by atoms with van der Waals surface area (Å²) in [6.07, 6.45) is 6.63. The van der Waals surface area contributed by atoms with Gasteiger partial charge in [0, 0.05) is 16.8 Å². The van der Waals surface area contributed by atoms with Crippen molar-refractivity contribution in [2.24, 2.45) is 0 Å². The first-order valence-corrected chi connectivity index (χ1v) is 7.36. The van der Waals surface area contributed by atoms with E-state index in [1.165, 1.54) is 12.8 Å². The molecule has 0 unspecified atom stereocenters. The van der Waals surface area contributed by atoms with Crippen molar-refractivity contribution in [3.05, 3.63) is 53.4 Å². The summed E-state index contributed by atoms with van der Waals surface area (Å²) in [7, 11) is 0. The molecule has 1 heterocycles. The number of amides is 1. The molecule has 0 saturated heterocycles. The second-order valence-corrected chi connectivity index (χ2v) is 5.38. The molecule has 0 aliphatic heterocycles. The van der Waals surface area contributed by atoms with Crippen molar-refractivity contribution in [2.75, 3.05) is 0 Å². The van der Waals surface area contributed by atoms with E-state index in [-0.39, 0.29) is 5.91 Å². The third kappa shape index (κ3) is 3.05. The Kier molecular flexibility index (Phi) is 3.86. The normalized spacial score (nSPS) is 14.6. The van der Waals surface area contributed by atoms with Gasteiger partial charge in [-0.2, -0.15) is 0 Å². The van der Waals surface area contributed by atoms with Crippen molar-refractivity contribution >= 4 is 16.8 Å². The molecule has 1 amide bonds. The summed E-state index contributed by atoms with van der Waals surface area (Å²) in [4.78, 5) is 16.9. The minimum Gasteiger partial charge on any atom is -0.303 e. The molecule has 21 heavy (non-hydrogen) atoms. The number of pyridine rings is 1. The summed E-state index contributed by atoms with van der Waals surface area (Å²) in [5.74, 6) is -0.122. The lowest BCUT2D eigenvalue weighted by Crippen LogP contribution is -2.37. The topological polar surface area (TPSA) is 54.0 Å². The Morgan fingerprint density at radius 2 is 2.10 bits per heavy atom. The largest absolute Gasteiger partial charge is 0.303 e. The van der Waals surface area contributed by atoms with E-state index in [1.54, 1.807) is 0 Å². The number of hydrogen-bond donors (Lipinski definition) is 2. The highest BCUT2D eigenvalue weighted by molar-refractivity contribution is 6.06. The van der Waals surface area contributed by atoms with Crippen LogP contribution in [0.1, 0.15) is 41.7 Å². The number of aryl methyl sites for hydroxylation is 1. The van der Waals surface area contributed by atoms with Crippen LogP contribution in [0.2, 0.25) is 0 Å². The number of nitrogens with one attached hydrogen (secondary N) is 2. The Morgan fingerprint density at radius 1 is 1.24 bits per heavy atom. The first-order chi connectivity index (χ1) is 10.2. The maximum atomic E-state index is 12.4. The average Bonchev–Trinajstić information content (AvgIpc) is 2.52. The van der Waals surface area contributed by atoms with Gasteiger partial charge in [-0.1, -0.05) is 24.3 Å². The fraction of sp³-hybridized carbons (Fsp3) is 0.294. The molecule has 1 aliphatic rings. The summed E-state index contributed by atoms with van der Waals surface area (Å²) >= 11 is 0. The van der Waals surface area contributed by atoms with Crippen LogP contribution in [0.4, 0.5) is 0 Å². The van der Waals surface area contributed by atoms with Crippen LogP contribution in [-0.4, -0.2) is 10.9 Å². The number of aromatic nitrogens is 1. The smallest absolute Gasteiger partial charge is 0.270 e. The number of carbonyl (C=O) groups is 1. The number of fused-ring (bicyclic) bond motifs is 1. The summed E-state index contributed by atoms with van der Waals surface area (Å²) < 4.78 is 0. The third-order valence-electron chi connectivity index (χ3n) is 3.72. The average molecular weight is 281 g/mol. The van der Waals surface area contributed by atoms with Crippen molar-refractivity contribution in [1.82, 2.24) is 15.8 Å². The zero-order chi connectivity index (χ0) is 14.7. The molecule has 4 nitrogen and oxygen atoms in total. The number of allylic oxidation sites excluding steroid dienone is 2. The van der Waals surface area contributed by atoms with Crippen LogP contribution in [-0.2, 0) is 0 Å². The SMILES string of the molecule is Cc1cc(C(=O)NNC2=CCCCC2)c2ccccc2n1. The monoisotopic (exact) mass is 281 g/mol. The maximum absolute atomic E-state index is 12.4. The first kappa shape index (κ1) is 13.6. The molecule has 108 valence electrons. The molecule has 1 aliphatic carbocycles. The lowest BCUT2D eigenvalue weighted by Gasteiger charge is -2.16. The highest BCUT2D eigenvalue weighted by Crippen LogP contribution is 2.18. The van der Waals surface area contributed by atoms with Crippen LogP contribution < -0.4 is 10.9 Å². The van der Waals surface area contributed by atoms with Gasteiger partial charge in [-0.05, 0) is 44.7 Å². The Bertz CT molecular complexity index is 706. The van der Waals surface area contributed by atoms with Crippen molar-refractivity contribution in [3.63, 3.8) is 0 Å². The number of hydrogen-bond acceptors (Lipinski definition) is 3. The summed E-state index contributed by atoms with van der Waals surface area (Å²) in [5, 5.41) is 0.875. The van der Waals surface area contributed by atoms with Crippen molar-refractivity contribution < 1.29 is 4.79 Å².